The molecule has 1 atom stereocenters. The third-order valence-corrected chi connectivity index (χ3v) is 6.63. The van der Waals surface area contributed by atoms with Crippen LogP contribution in [0, 0.1) is 0 Å². The largest absolute Gasteiger partial charge is 0.492 e. The predicted octanol–water partition coefficient (Wildman–Crippen LogP) is 5.30. The fraction of sp³-hybridized carbons (Fsp3) is 0.357. The normalized spacial score (nSPS) is 16.0. The summed E-state index contributed by atoms with van der Waals surface area (Å²) in [5.41, 5.74) is 0.333. The number of amides is 2. The number of hydrogen-bond donors (Lipinski definition) is 2. The lowest BCUT2D eigenvalue weighted by atomic mass is 9.94. The van der Waals surface area contributed by atoms with Crippen LogP contribution in [0.5, 0.6) is 5.88 Å². The van der Waals surface area contributed by atoms with E-state index in [1.165, 1.54) is 23.1 Å². The Bertz CT molecular complexity index is 1630. The molecule has 1 aliphatic heterocycles. The Labute approximate surface area is 238 Å². The minimum atomic E-state index is -4.57. The summed E-state index contributed by atoms with van der Waals surface area (Å²) < 4.78 is 46.0. The zero-order chi connectivity index (χ0) is 30.2. The highest BCUT2D eigenvalue weighted by molar-refractivity contribution is 6.03. The van der Waals surface area contributed by atoms with E-state index in [-0.39, 0.29) is 28.7 Å². The van der Waals surface area contributed by atoms with Crippen LogP contribution >= 0.6 is 0 Å². The number of likely N-dealkylation sites (tertiary alicyclic amines) is 1. The van der Waals surface area contributed by atoms with Crippen molar-refractivity contribution in [2.75, 3.05) is 18.4 Å². The first-order valence-corrected chi connectivity index (χ1v) is 13.2. The van der Waals surface area contributed by atoms with Crippen LogP contribution in [0.25, 0.3) is 16.7 Å². The molecule has 1 fully saturated rings. The number of rotatable bonds is 4. The van der Waals surface area contributed by atoms with Crippen molar-refractivity contribution >= 4 is 28.9 Å². The van der Waals surface area contributed by atoms with E-state index in [0.717, 1.165) is 31.2 Å². The zero-order valence-corrected chi connectivity index (χ0v) is 23.0. The molecule has 1 unspecified atom stereocenters. The molecule has 0 saturated carbocycles. The highest BCUT2D eigenvalue weighted by Gasteiger charge is 2.33. The Morgan fingerprint density at radius 3 is 2.50 bits per heavy atom. The van der Waals surface area contributed by atoms with Gasteiger partial charge in [0, 0.05) is 30.8 Å². The first-order valence-electron chi connectivity index (χ1n) is 13.2. The number of nitrogens with zero attached hydrogens (tertiary/aromatic N) is 6. The van der Waals surface area contributed by atoms with E-state index < -0.39 is 29.3 Å². The van der Waals surface area contributed by atoms with E-state index in [1.807, 2.05) is 0 Å². The molecular formula is C28H28F3N7O4. The summed E-state index contributed by atoms with van der Waals surface area (Å²) in [6.45, 7) is 6.31. The minimum absolute atomic E-state index is 0.162. The number of benzene rings is 1. The van der Waals surface area contributed by atoms with Crippen molar-refractivity contribution in [3.05, 3.63) is 65.7 Å². The zero-order valence-electron chi connectivity index (χ0n) is 23.0. The fourth-order valence-corrected chi connectivity index (χ4v) is 4.73. The lowest BCUT2D eigenvalue weighted by molar-refractivity contribution is -0.137. The highest BCUT2D eigenvalue weighted by atomic mass is 19.4. The van der Waals surface area contributed by atoms with Crippen LogP contribution in [-0.4, -0.2) is 65.4 Å². The second kappa shape index (κ2) is 10.9. The average Bonchev–Trinajstić information content (AvgIpc) is 3.33. The van der Waals surface area contributed by atoms with Crippen LogP contribution in [0.3, 0.4) is 0 Å². The summed E-state index contributed by atoms with van der Waals surface area (Å²) >= 11 is 0. The van der Waals surface area contributed by atoms with Crippen molar-refractivity contribution in [1.82, 2.24) is 29.6 Å². The van der Waals surface area contributed by atoms with Crippen LogP contribution in [-0.2, 0) is 10.9 Å². The molecule has 5 rings (SSSR count). The van der Waals surface area contributed by atoms with Gasteiger partial charge in [0.05, 0.1) is 16.9 Å². The molecule has 3 aromatic heterocycles. The quantitative estimate of drug-likeness (QED) is 0.330. The molecule has 4 heterocycles. The number of ether oxygens (including phenoxy) is 1. The number of carbonyl (C=O) groups is 2. The number of fused-ring (bicyclic) bond motifs is 1. The van der Waals surface area contributed by atoms with E-state index in [9.17, 15) is 27.9 Å². The van der Waals surface area contributed by atoms with E-state index in [0.29, 0.717) is 30.0 Å². The monoisotopic (exact) mass is 583 g/mol. The number of aromatic nitrogens is 5. The van der Waals surface area contributed by atoms with Crippen LogP contribution < -0.4 is 5.32 Å². The summed E-state index contributed by atoms with van der Waals surface area (Å²) in [4.78, 5) is 39.1. The van der Waals surface area contributed by atoms with Crippen molar-refractivity contribution < 1.29 is 32.6 Å². The van der Waals surface area contributed by atoms with E-state index in [2.05, 4.69) is 20.3 Å². The third kappa shape index (κ3) is 6.11. The maximum Gasteiger partial charge on any atom is 0.416 e. The predicted molar refractivity (Wildman–Crippen MR) is 145 cm³/mol. The molecule has 220 valence electrons. The van der Waals surface area contributed by atoms with Gasteiger partial charge >= 0.3 is 12.3 Å². The summed E-state index contributed by atoms with van der Waals surface area (Å²) in [6.07, 6.45) is -1.33. The lowest BCUT2D eigenvalue weighted by Crippen LogP contribution is -2.42. The molecule has 14 heteroatoms. The molecule has 2 N–H and O–H groups in total. The van der Waals surface area contributed by atoms with Gasteiger partial charge < -0.3 is 20.1 Å². The van der Waals surface area contributed by atoms with Crippen LogP contribution in [0.15, 0.2) is 48.9 Å². The van der Waals surface area contributed by atoms with Gasteiger partial charge in [-0.1, -0.05) is 0 Å². The van der Waals surface area contributed by atoms with Gasteiger partial charge in [-0.25, -0.2) is 24.4 Å². The number of carbonyl (C=O) groups excluding carboxylic acids is 2. The van der Waals surface area contributed by atoms with Gasteiger partial charge in [-0.05, 0) is 70.0 Å². The number of pyridine rings is 1. The molecular weight excluding hydrogens is 555 g/mol. The first-order chi connectivity index (χ1) is 19.8. The number of anilines is 1. The molecule has 1 saturated heterocycles. The Balaban J connectivity index is 1.40. The second-order valence-corrected chi connectivity index (χ2v) is 10.9. The lowest BCUT2D eigenvalue weighted by Gasteiger charge is -2.33. The SMILES string of the molecule is CC(C)(C)OC(=O)N1CCCC(c2nn(-c3ccc(C(=O)Nc4cc(C(F)(F)F)ccn4)cc3)c3c(O)ncnc23)C1. The summed E-state index contributed by atoms with van der Waals surface area (Å²) in [5, 5.41) is 17.7. The number of hydrogen-bond acceptors (Lipinski definition) is 8. The second-order valence-electron chi connectivity index (χ2n) is 10.9. The smallest absolute Gasteiger partial charge is 0.416 e. The highest BCUT2D eigenvalue weighted by Crippen LogP contribution is 2.35. The average molecular weight is 584 g/mol. The van der Waals surface area contributed by atoms with E-state index in [1.54, 1.807) is 37.8 Å². The number of nitrogens with one attached hydrogen (secondary N) is 1. The molecule has 2 amide bonds. The number of aromatic hydroxyl groups is 1. The Kier molecular flexibility index (Phi) is 7.47. The maximum atomic E-state index is 13.0. The minimum Gasteiger partial charge on any atom is -0.492 e. The number of halogens is 3. The van der Waals surface area contributed by atoms with Gasteiger partial charge in [0.15, 0.2) is 5.52 Å². The molecule has 42 heavy (non-hydrogen) atoms. The van der Waals surface area contributed by atoms with Crippen molar-refractivity contribution in [2.24, 2.45) is 0 Å². The third-order valence-electron chi connectivity index (χ3n) is 6.63. The summed E-state index contributed by atoms with van der Waals surface area (Å²) in [6, 6.07) is 7.65. The standard InChI is InChI=1S/C28H28F3N7O4/c1-27(2,3)42-26(41)37-12-4-5-17(14-37)21-22-23(25(40)34-15-33-22)38(36-21)19-8-6-16(7-9-19)24(39)35-20-13-18(10-11-32-20)28(29,30)31/h6-11,13,15,17H,4-5,12,14H2,1-3H3,(H,32,35,39)(H,33,34,40). The van der Waals surface area contributed by atoms with E-state index in [4.69, 9.17) is 9.84 Å². The van der Waals surface area contributed by atoms with Gasteiger partial charge in [-0.3, -0.25) is 4.79 Å². The van der Waals surface area contributed by atoms with Gasteiger partial charge in [0.2, 0.25) is 5.88 Å². The maximum absolute atomic E-state index is 13.0. The van der Waals surface area contributed by atoms with Crippen molar-refractivity contribution in [3.63, 3.8) is 0 Å². The Morgan fingerprint density at radius 2 is 1.81 bits per heavy atom. The number of piperidine rings is 1. The van der Waals surface area contributed by atoms with Gasteiger partial charge in [0.25, 0.3) is 5.91 Å². The van der Waals surface area contributed by atoms with Gasteiger partial charge in [0.1, 0.15) is 23.3 Å². The van der Waals surface area contributed by atoms with Crippen molar-refractivity contribution in [2.45, 2.75) is 51.3 Å². The molecule has 0 spiro atoms. The van der Waals surface area contributed by atoms with Crippen LogP contribution in [0.2, 0.25) is 0 Å². The molecule has 0 radical (unpaired) electrons. The van der Waals surface area contributed by atoms with Crippen LogP contribution in [0.4, 0.5) is 23.8 Å². The van der Waals surface area contributed by atoms with Gasteiger partial charge in [-0.2, -0.15) is 18.3 Å². The Hall–Kier alpha value is -4.75. The van der Waals surface area contributed by atoms with Crippen LogP contribution in [0.1, 0.15) is 61.1 Å². The summed E-state index contributed by atoms with van der Waals surface area (Å²) in [5.74, 6) is -1.38. The molecule has 4 aromatic rings. The number of alkyl halides is 3. The first kappa shape index (κ1) is 28.8. The molecule has 0 aliphatic carbocycles. The fourth-order valence-electron chi connectivity index (χ4n) is 4.73. The topological polar surface area (TPSA) is 135 Å². The molecule has 11 nitrogen and oxygen atoms in total. The van der Waals surface area contributed by atoms with E-state index >= 15 is 0 Å². The van der Waals surface area contributed by atoms with Crippen molar-refractivity contribution in [1.29, 1.82) is 0 Å². The van der Waals surface area contributed by atoms with Crippen molar-refractivity contribution in [3.8, 4) is 11.6 Å². The molecule has 1 aliphatic rings. The Morgan fingerprint density at radius 1 is 1.07 bits per heavy atom. The molecule has 0 bridgehead atoms. The van der Waals surface area contributed by atoms with Gasteiger partial charge in [-0.15, -0.1) is 0 Å². The summed E-state index contributed by atoms with van der Waals surface area (Å²) in [7, 11) is 0. The molecule has 1 aromatic carbocycles.